The highest BCUT2D eigenvalue weighted by atomic mass is 16.6. The van der Waals surface area contributed by atoms with Gasteiger partial charge in [0.15, 0.2) is 17.5 Å². The third-order valence-electron chi connectivity index (χ3n) is 4.48. The number of fused-ring (bicyclic) bond motifs is 1. The maximum absolute atomic E-state index is 12.7. The van der Waals surface area contributed by atoms with Crippen molar-refractivity contribution in [3.05, 3.63) is 59.7 Å². The molecule has 4 N–H and O–H groups in total. The van der Waals surface area contributed by atoms with E-state index in [0.29, 0.717) is 19.0 Å². The van der Waals surface area contributed by atoms with Gasteiger partial charge in [0.1, 0.15) is 19.3 Å². The molecule has 0 bridgehead atoms. The third kappa shape index (κ3) is 4.57. The van der Waals surface area contributed by atoms with Gasteiger partial charge >= 0.3 is 6.03 Å². The SMILES string of the molecule is CNC(=O)NC(=O)[C@H]([NH2+][C@@H](C)c1ccc2c(c1)OCCO2)c1ccccc1. The zero-order valence-corrected chi connectivity index (χ0v) is 15.4. The number of amides is 3. The Morgan fingerprint density at radius 3 is 2.41 bits per heavy atom. The van der Waals surface area contributed by atoms with E-state index in [1.54, 1.807) is 0 Å². The smallest absolute Gasteiger partial charge is 0.321 e. The fourth-order valence-corrected chi connectivity index (χ4v) is 3.01. The van der Waals surface area contributed by atoms with Crippen molar-refractivity contribution in [2.75, 3.05) is 20.3 Å². The van der Waals surface area contributed by atoms with Crippen LogP contribution in [0.2, 0.25) is 0 Å². The number of rotatable bonds is 5. The molecule has 1 aliphatic rings. The van der Waals surface area contributed by atoms with Gasteiger partial charge in [0.05, 0.1) is 0 Å². The van der Waals surface area contributed by atoms with Crippen molar-refractivity contribution in [3.63, 3.8) is 0 Å². The number of carbonyl (C=O) groups is 2. The molecule has 0 saturated carbocycles. The third-order valence-corrected chi connectivity index (χ3v) is 4.48. The Kier molecular flexibility index (Phi) is 5.93. The molecule has 0 aliphatic carbocycles. The predicted octanol–water partition coefficient (Wildman–Crippen LogP) is 1.28. The van der Waals surface area contributed by atoms with Crippen LogP contribution in [0.1, 0.15) is 30.1 Å². The molecule has 3 amide bonds. The van der Waals surface area contributed by atoms with Crippen LogP contribution in [0.15, 0.2) is 48.5 Å². The summed E-state index contributed by atoms with van der Waals surface area (Å²) in [6, 6.07) is 14.0. The average molecular weight is 370 g/mol. The van der Waals surface area contributed by atoms with Crippen molar-refractivity contribution >= 4 is 11.9 Å². The molecule has 1 heterocycles. The highest BCUT2D eigenvalue weighted by molar-refractivity contribution is 5.96. The molecule has 142 valence electrons. The van der Waals surface area contributed by atoms with E-state index in [4.69, 9.17) is 9.47 Å². The number of urea groups is 1. The van der Waals surface area contributed by atoms with Crippen LogP contribution < -0.4 is 25.4 Å². The number of hydrogen-bond donors (Lipinski definition) is 3. The van der Waals surface area contributed by atoms with Gasteiger partial charge in [-0.25, -0.2) is 4.79 Å². The van der Waals surface area contributed by atoms with E-state index in [0.717, 1.165) is 16.9 Å². The molecular weight excluding hydrogens is 346 g/mol. The van der Waals surface area contributed by atoms with E-state index in [-0.39, 0.29) is 11.9 Å². The molecule has 3 rings (SSSR count). The second-order valence-electron chi connectivity index (χ2n) is 6.34. The van der Waals surface area contributed by atoms with Gasteiger partial charge in [0.25, 0.3) is 5.91 Å². The molecule has 7 heteroatoms. The van der Waals surface area contributed by atoms with E-state index in [1.165, 1.54) is 7.05 Å². The van der Waals surface area contributed by atoms with Gasteiger partial charge in [-0.1, -0.05) is 30.3 Å². The topological polar surface area (TPSA) is 93.3 Å². The molecule has 2 aromatic carbocycles. The zero-order chi connectivity index (χ0) is 19.2. The lowest BCUT2D eigenvalue weighted by Gasteiger charge is -2.22. The summed E-state index contributed by atoms with van der Waals surface area (Å²) in [5.74, 6) is 1.07. The fourth-order valence-electron chi connectivity index (χ4n) is 3.01. The van der Waals surface area contributed by atoms with Crippen LogP contribution in [0.4, 0.5) is 4.79 Å². The summed E-state index contributed by atoms with van der Waals surface area (Å²) < 4.78 is 11.2. The number of carbonyl (C=O) groups excluding carboxylic acids is 2. The summed E-state index contributed by atoms with van der Waals surface area (Å²) in [6.07, 6.45) is 0. The monoisotopic (exact) mass is 370 g/mol. The normalized spacial score (nSPS) is 14.7. The van der Waals surface area contributed by atoms with Crippen LogP contribution in [0, 0.1) is 0 Å². The van der Waals surface area contributed by atoms with Gasteiger partial charge in [-0.15, -0.1) is 0 Å². The number of nitrogens with two attached hydrogens (primary N) is 1. The van der Waals surface area contributed by atoms with Crippen molar-refractivity contribution in [3.8, 4) is 11.5 Å². The first kappa shape index (κ1) is 18.7. The molecule has 1 aliphatic heterocycles. The first-order chi connectivity index (χ1) is 13.1. The zero-order valence-electron chi connectivity index (χ0n) is 15.4. The van der Waals surface area contributed by atoms with Crippen LogP contribution in [-0.4, -0.2) is 32.2 Å². The standard InChI is InChI=1S/C20H23N3O4/c1-13(15-8-9-16-17(12-15)27-11-10-26-16)22-18(14-6-4-3-5-7-14)19(24)23-20(25)21-2/h3-9,12-13,18,22H,10-11H2,1-2H3,(H2,21,23,24,25)/p+1/t13-,18+/m0/s1. The van der Waals surface area contributed by atoms with Gasteiger partial charge in [0, 0.05) is 18.2 Å². The molecular formula is C20H24N3O4+. The maximum atomic E-state index is 12.7. The number of imide groups is 1. The van der Waals surface area contributed by atoms with Gasteiger partial charge in [-0.05, 0) is 25.1 Å². The molecule has 0 spiro atoms. The van der Waals surface area contributed by atoms with Crippen LogP contribution in [-0.2, 0) is 4.79 Å². The van der Waals surface area contributed by atoms with Crippen molar-refractivity contribution < 1.29 is 24.4 Å². The summed E-state index contributed by atoms with van der Waals surface area (Å²) in [6.45, 7) is 3.08. The number of hydrogen-bond acceptors (Lipinski definition) is 4. The number of benzene rings is 2. The van der Waals surface area contributed by atoms with Gasteiger partial charge in [-0.3, -0.25) is 10.1 Å². The Labute approximate surface area is 158 Å². The van der Waals surface area contributed by atoms with E-state index in [1.807, 2.05) is 60.8 Å². The Morgan fingerprint density at radius 2 is 1.70 bits per heavy atom. The summed E-state index contributed by atoms with van der Waals surface area (Å²) in [5.41, 5.74) is 1.83. The number of ether oxygens (including phenoxy) is 2. The van der Waals surface area contributed by atoms with Crippen molar-refractivity contribution in [2.24, 2.45) is 0 Å². The van der Waals surface area contributed by atoms with E-state index >= 15 is 0 Å². The molecule has 7 nitrogen and oxygen atoms in total. The lowest BCUT2D eigenvalue weighted by atomic mass is 10.0. The Balaban J connectivity index is 1.80. The molecule has 27 heavy (non-hydrogen) atoms. The van der Waals surface area contributed by atoms with E-state index in [2.05, 4.69) is 10.6 Å². The van der Waals surface area contributed by atoms with Crippen molar-refractivity contribution in [2.45, 2.75) is 19.0 Å². The lowest BCUT2D eigenvalue weighted by molar-refractivity contribution is -0.719. The summed E-state index contributed by atoms with van der Waals surface area (Å²) in [5, 5.41) is 6.71. The predicted molar refractivity (Wildman–Crippen MR) is 99.6 cm³/mol. The van der Waals surface area contributed by atoms with Crippen molar-refractivity contribution in [1.82, 2.24) is 10.6 Å². The fraction of sp³-hybridized carbons (Fsp3) is 0.300. The minimum atomic E-state index is -0.563. The molecule has 0 saturated heterocycles. The van der Waals surface area contributed by atoms with Crippen LogP contribution in [0.5, 0.6) is 11.5 Å². The minimum absolute atomic E-state index is 0.0403. The maximum Gasteiger partial charge on any atom is 0.321 e. The highest BCUT2D eigenvalue weighted by Gasteiger charge is 2.28. The van der Waals surface area contributed by atoms with Crippen LogP contribution >= 0.6 is 0 Å². The minimum Gasteiger partial charge on any atom is -0.486 e. The van der Waals surface area contributed by atoms with Gasteiger partial charge < -0.3 is 20.1 Å². The second kappa shape index (κ2) is 8.55. The molecule has 0 fully saturated rings. The van der Waals surface area contributed by atoms with Crippen LogP contribution in [0.3, 0.4) is 0 Å². The number of nitrogens with one attached hydrogen (secondary N) is 2. The second-order valence-corrected chi connectivity index (χ2v) is 6.34. The van der Waals surface area contributed by atoms with Crippen molar-refractivity contribution in [1.29, 1.82) is 0 Å². The molecule has 2 atom stereocenters. The van der Waals surface area contributed by atoms with Gasteiger partial charge in [0.2, 0.25) is 0 Å². The quantitative estimate of drug-likeness (QED) is 0.739. The molecule has 0 unspecified atom stereocenters. The average Bonchev–Trinajstić information content (AvgIpc) is 2.71. The summed E-state index contributed by atoms with van der Waals surface area (Å²) in [7, 11) is 1.47. The first-order valence-corrected chi connectivity index (χ1v) is 8.90. The molecule has 0 radical (unpaired) electrons. The van der Waals surface area contributed by atoms with Crippen LogP contribution in [0.25, 0.3) is 0 Å². The highest BCUT2D eigenvalue weighted by Crippen LogP contribution is 2.32. The first-order valence-electron chi connectivity index (χ1n) is 8.90. The van der Waals surface area contributed by atoms with E-state index < -0.39 is 12.1 Å². The Hall–Kier alpha value is -3.06. The molecule has 0 aromatic heterocycles. The largest absolute Gasteiger partial charge is 0.486 e. The summed E-state index contributed by atoms with van der Waals surface area (Å²) in [4.78, 5) is 24.3. The van der Waals surface area contributed by atoms with E-state index in [9.17, 15) is 9.59 Å². The number of quaternary nitrogens is 1. The Morgan fingerprint density at radius 1 is 1.00 bits per heavy atom. The Bertz CT molecular complexity index is 810. The lowest BCUT2D eigenvalue weighted by Crippen LogP contribution is -2.88. The molecule has 2 aromatic rings. The van der Waals surface area contributed by atoms with Gasteiger partial charge in [-0.2, -0.15) is 0 Å². The summed E-state index contributed by atoms with van der Waals surface area (Å²) >= 11 is 0.